The molecule has 0 saturated carbocycles. The van der Waals surface area contributed by atoms with Crippen molar-refractivity contribution in [3.63, 3.8) is 0 Å². The van der Waals surface area contributed by atoms with Crippen molar-refractivity contribution in [2.45, 2.75) is 0 Å². The van der Waals surface area contributed by atoms with Crippen LogP contribution in [0.25, 0.3) is 0 Å². The molecule has 8 heavy (non-hydrogen) atoms. The van der Waals surface area contributed by atoms with Gasteiger partial charge in [-0.3, -0.25) is 9.13 Å². The van der Waals surface area contributed by atoms with E-state index in [0.717, 1.165) is 0 Å². The van der Waals surface area contributed by atoms with Crippen molar-refractivity contribution in [1.29, 1.82) is 0 Å². The van der Waals surface area contributed by atoms with Crippen LogP contribution in [0.1, 0.15) is 0 Å². The molecule has 0 aliphatic carbocycles. The van der Waals surface area contributed by atoms with Gasteiger partial charge in [-0.25, -0.2) is 0 Å². The van der Waals surface area contributed by atoms with Crippen LogP contribution >= 0.6 is 16.1 Å². The first-order valence-corrected chi connectivity index (χ1v) is 4.69. The molecule has 0 saturated heterocycles. The van der Waals surface area contributed by atoms with Crippen LogP contribution in [0.4, 0.5) is 0 Å². The summed E-state index contributed by atoms with van der Waals surface area (Å²) >= 11 is 0. The molecule has 0 aromatic carbocycles. The summed E-state index contributed by atoms with van der Waals surface area (Å²) in [4.78, 5) is 16.2. The Morgan fingerprint density at radius 1 is 1.50 bits per heavy atom. The lowest BCUT2D eigenvalue weighted by Gasteiger charge is -1.95. The SMILES string of the molecule is O=PCCP(=O)(O)O. The highest BCUT2D eigenvalue weighted by Crippen LogP contribution is 2.34. The Labute approximate surface area is 48.3 Å². The summed E-state index contributed by atoms with van der Waals surface area (Å²) in [5.41, 5.74) is 0. The highest BCUT2D eigenvalue weighted by atomic mass is 31.2. The zero-order valence-electron chi connectivity index (χ0n) is 4.02. The Morgan fingerprint density at radius 3 is 2.12 bits per heavy atom. The molecule has 0 bridgehead atoms. The summed E-state index contributed by atoms with van der Waals surface area (Å²) in [5, 5.41) is 0. The van der Waals surface area contributed by atoms with Gasteiger partial charge in [-0.15, -0.1) is 0 Å². The highest BCUT2D eigenvalue weighted by Gasteiger charge is 2.10. The van der Waals surface area contributed by atoms with Crippen LogP contribution in [0.2, 0.25) is 0 Å². The largest absolute Gasteiger partial charge is 0.326 e. The Balaban J connectivity index is 3.40. The maximum atomic E-state index is 9.94. The van der Waals surface area contributed by atoms with Crippen LogP contribution in [-0.2, 0) is 9.13 Å². The number of rotatable bonds is 3. The molecule has 48 valence electrons. The van der Waals surface area contributed by atoms with Crippen molar-refractivity contribution < 1.29 is 18.9 Å². The summed E-state index contributed by atoms with van der Waals surface area (Å²) in [6.45, 7) is 0. The van der Waals surface area contributed by atoms with Crippen molar-refractivity contribution in [3.05, 3.63) is 0 Å². The maximum Gasteiger partial charge on any atom is 0.326 e. The number of hydrogen-bond donors (Lipinski definition) is 2. The van der Waals surface area contributed by atoms with Gasteiger partial charge >= 0.3 is 7.60 Å². The highest BCUT2D eigenvalue weighted by molar-refractivity contribution is 7.52. The summed E-state index contributed by atoms with van der Waals surface area (Å²) in [5.74, 6) is 0. The lowest BCUT2D eigenvalue weighted by Crippen LogP contribution is -1.86. The molecule has 0 aromatic rings. The van der Waals surface area contributed by atoms with Gasteiger partial charge in [0.1, 0.15) is 0 Å². The second-order valence-electron chi connectivity index (χ2n) is 1.24. The third-order valence-electron chi connectivity index (χ3n) is 0.483. The Bertz CT molecular complexity index is 115. The summed E-state index contributed by atoms with van der Waals surface area (Å²) in [6.07, 6.45) is -0.262. The van der Waals surface area contributed by atoms with Gasteiger partial charge in [0.05, 0.1) is 6.16 Å². The molecule has 0 amide bonds. The molecule has 0 radical (unpaired) electrons. The monoisotopic (exact) mass is 156 g/mol. The van der Waals surface area contributed by atoms with E-state index in [2.05, 4.69) is 0 Å². The first-order valence-electron chi connectivity index (χ1n) is 1.90. The Hall–Kier alpha value is 0.250. The van der Waals surface area contributed by atoms with E-state index in [4.69, 9.17) is 9.79 Å². The average molecular weight is 156 g/mol. The van der Waals surface area contributed by atoms with Crippen molar-refractivity contribution >= 4 is 16.1 Å². The van der Waals surface area contributed by atoms with Gasteiger partial charge in [-0.2, -0.15) is 0 Å². The fraction of sp³-hybridized carbons (Fsp3) is 1.00. The smallest absolute Gasteiger partial charge is 0.324 e. The minimum absolute atomic E-state index is 0.0320. The second kappa shape index (κ2) is 3.31. The molecule has 4 nitrogen and oxygen atoms in total. The molecule has 0 aliphatic heterocycles. The van der Waals surface area contributed by atoms with E-state index < -0.39 is 7.60 Å². The van der Waals surface area contributed by atoms with E-state index in [1.165, 1.54) is 0 Å². The lowest BCUT2D eigenvalue weighted by molar-refractivity contribution is 0.375. The molecule has 0 fully saturated rings. The minimum Gasteiger partial charge on any atom is -0.324 e. The quantitative estimate of drug-likeness (QED) is 0.582. The Morgan fingerprint density at radius 2 is 2.00 bits per heavy atom. The molecule has 6 heteroatoms. The van der Waals surface area contributed by atoms with E-state index in [0.29, 0.717) is 0 Å². The molecule has 0 heterocycles. The maximum absolute atomic E-state index is 9.94. The van der Waals surface area contributed by atoms with Crippen LogP contribution in [0.5, 0.6) is 0 Å². The Kier molecular flexibility index (Phi) is 3.41. The van der Waals surface area contributed by atoms with Gasteiger partial charge in [0.25, 0.3) is 0 Å². The molecule has 0 atom stereocenters. The second-order valence-corrected chi connectivity index (χ2v) is 3.72. The van der Waals surface area contributed by atoms with Crippen LogP contribution in [0.3, 0.4) is 0 Å². The first kappa shape index (κ1) is 8.25. The molecule has 0 unspecified atom stereocenters. The van der Waals surface area contributed by atoms with Crippen LogP contribution < -0.4 is 0 Å². The van der Waals surface area contributed by atoms with E-state index in [1.54, 1.807) is 0 Å². The molecule has 0 rings (SSSR count). The molecule has 0 spiro atoms. The van der Waals surface area contributed by atoms with Crippen molar-refractivity contribution in [2.75, 3.05) is 12.3 Å². The summed E-state index contributed by atoms with van der Waals surface area (Å²) in [6, 6.07) is 0. The van der Waals surface area contributed by atoms with E-state index >= 15 is 0 Å². The van der Waals surface area contributed by atoms with Gasteiger partial charge in [0.2, 0.25) is 0 Å². The van der Waals surface area contributed by atoms with Crippen molar-refractivity contribution in [1.82, 2.24) is 0 Å². The van der Waals surface area contributed by atoms with E-state index in [1.807, 2.05) is 0 Å². The normalized spacial score (nSPS) is 12.2. The lowest BCUT2D eigenvalue weighted by atomic mass is 11.0. The third kappa shape index (κ3) is 6.25. The average Bonchev–Trinajstić information content (AvgIpc) is 1.59. The first-order chi connectivity index (χ1) is 3.56. The molecule has 0 aliphatic rings. The molecule has 0 aromatic heterocycles. The van der Waals surface area contributed by atoms with Gasteiger partial charge in [-0.1, -0.05) is 0 Å². The van der Waals surface area contributed by atoms with E-state index in [-0.39, 0.29) is 20.8 Å². The standard InChI is InChI=1S/C2H6O4P2/c3-7-1-2-8(4,5)6/h1-2H2,(H2,4,5,6). The van der Waals surface area contributed by atoms with Gasteiger partial charge in [0, 0.05) is 6.16 Å². The zero-order chi connectivity index (χ0) is 6.62. The zero-order valence-corrected chi connectivity index (χ0v) is 5.81. The fourth-order valence-electron chi connectivity index (χ4n) is 0.171. The summed E-state index contributed by atoms with van der Waals surface area (Å²) in [7, 11) is -4.10. The van der Waals surface area contributed by atoms with Gasteiger partial charge in [0.15, 0.2) is 8.46 Å². The fourth-order valence-corrected chi connectivity index (χ4v) is 1.54. The summed E-state index contributed by atoms with van der Waals surface area (Å²) < 4.78 is 19.5. The number of hydrogen-bond acceptors (Lipinski definition) is 2. The predicted molar refractivity (Wildman–Crippen MR) is 29.4 cm³/mol. The van der Waals surface area contributed by atoms with Crippen LogP contribution in [0.15, 0.2) is 0 Å². The topological polar surface area (TPSA) is 74.6 Å². The molecule has 2 N–H and O–H groups in total. The van der Waals surface area contributed by atoms with Gasteiger partial charge < -0.3 is 9.79 Å². The third-order valence-corrected chi connectivity index (χ3v) is 2.05. The van der Waals surface area contributed by atoms with Crippen LogP contribution in [-0.4, -0.2) is 22.1 Å². The van der Waals surface area contributed by atoms with Crippen molar-refractivity contribution in [3.8, 4) is 0 Å². The van der Waals surface area contributed by atoms with E-state index in [9.17, 15) is 9.13 Å². The van der Waals surface area contributed by atoms with Crippen LogP contribution in [0, 0.1) is 0 Å². The predicted octanol–water partition coefficient (Wildman–Crippen LogP) is 0.456. The van der Waals surface area contributed by atoms with Gasteiger partial charge in [-0.05, 0) is 0 Å². The minimum atomic E-state index is -3.89. The van der Waals surface area contributed by atoms with Crippen molar-refractivity contribution in [2.24, 2.45) is 0 Å². The molecular formula is C2H6O4P2. The molecular weight excluding hydrogens is 150 g/mol.